The summed E-state index contributed by atoms with van der Waals surface area (Å²) in [6.07, 6.45) is 3.32. The van der Waals surface area contributed by atoms with E-state index in [1.807, 2.05) is 30.3 Å². The number of nitrogens with one attached hydrogen (secondary N) is 1. The molecule has 0 spiro atoms. The monoisotopic (exact) mass is 263 g/mol. The van der Waals surface area contributed by atoms with E-state index < -0.39 is 6.10 Å². The van der Waals surface area contributed by atoms with Gasteiger partial charge in [0.15, 0.2) is 0 Å². The van der Waals surface area contributed by atoms with Gasteiger partial charge in [0.1, 0.15) is 6.61 Å². The second kappa shape index (κ2) is 7.26. The molecule has 0 aromatic heterocycles. The number of ether oxygens (including phenoxy) is 1. The van der Waals surface area contributed by atoms with Gasteiger partial charge < -0.3 is 15.2 Å². The molecule has 1 fully saturated rings. The minimum Gasteiger partial charge on any atom is -0.391 e. The van der Waals surface area contributed by atoms with Crippen LogP contribution in [0.1, 0.15) is 31.2 Å². The molecule has 2 N–H and O–H groups in total. The number of amides is 1. The number of hydrogen-bond donors (Lipinski definition) is 2. The number of benzene rings is 1. The lowest BCUT2D eigenvalue weighted by Crippen LogP contribution is -2.46. The lowest BCUT2D eigenvalue weighted by molar-refractivity contribution is -0.128. The van der Waals surface area contributed by atoms with Crippen LogP contribution in [0.15, 0.2) is 30.3 Å². The maximum Gasteiger partial charge on any atom is 0.246 e. The van der Waals surface area contributed by atoms with E-state index in [0.717, 1.165) is 31.2 Å². The number of carbonyl (C=O) groups is 1. The van der Waals surface area contributed by atoms with E-state index in [4.69, 9.17) is 4.74 Å². The Morgan fingerprint density at radius 1 is 1.26 bits per heavy atom. The van der Waals surface area contributed by atoms with Crippen LogP contribution in [-0.2, 0) is 16.1 Å². The van der Waals surface area contributed by atoms with Crippen LogP contribution in [0.5, 0.6) is 0 Å². The maximum absolute atomic E-state index is 11.7. The zero-order valence-corrected chi connectivity index (χ0v) is 11.0. The van der Waals surface area contributed by atoms with Crippen molar-refractivity contribution in [2.75, 3.05) is 6.61 Å². The van der Waals surface area contributed by atoms with E-state index >= 15 is 0 Å². The van der Waals surface area contributed by atoms with Crippen molar-refractivity contribution in [1.82, 2.24) is 5.32 Å². The first-order valence-electron chi connectivity index (χ1n) is 6.85. The van der Waals surface area contributed by atoms with Crippen molar-refractivity contribution in [3.63, 3.8) is 0 Å². The van der Waals surface area contributed by atoms with Gasteiger partial charge in [0.05, 0.1) is 18.8 Å². The lowest BCUT2D eigenvalue weighted by atomic mass is 9.92. The number of aliphatic hydroxyl groups excluding tert-OH is 1. The Morgan fingerprint density at radius 2 is 2.00 bits per heavy atom. The summed E-state index contributed by atoms with van der Waals surface area (Å²) in [4.78, 5) is 11.7. The highest BCUT2D eigenvalue weighted by molar-refractivity contribution is 5.77. The van der Waals surface area contributed by atoms with Gasteiger partial charge in [-0.1, -0.05) is 43.2 Å². The third kappa shape index (κ3) is 4.65. The van der Waals surface area contributed by atoms with Gasteiger partial charge in [0, 0.05) is 0 Å². The SMILES string of the molecule is O=C(COCc1ccccc1)NC1CCCCC1O. The normalized spacial score (nSPS) is 23.0. The molecule has 1 saturated carbocycles. The summed E-state index contributed by atoms with van der Waals surface area (Å²) in [6.45, 7) is 0.472. The van der Waals surface area contributed by atoms with Crippen LogP contribution in [0.3, 0.4) is 0 Å². The zero-order chi connectivity index (χ0) is 13.5. The largest absolute Gasteiger partial charge is 0.391 e. The second-order valence-electron chi connectivity index (χ2n) is 5.00. The minimum atomic E-state index is -0.410. The first-order valence-corrected chi connectivity index (χ1v) is 6.85. The molecule has 2 atom stereocenters. The molecule has 0 aliphatic heterocycles. The van der Waals surface area contributed by atoms with Crippen molar-refractivity contribution in [2.45, 2.75) is 44.4 Å². The van der Waals surface area contributed by atoms with Crippen LogP contribution in [0, 0.1) is 0 Å². The first-order chi connectivity index (χ1) is 9.25. The van der Waals surface area contributed by atoms with Crippen LogP contribution in [0.2, 0.25) is 0 Å². The van der Waals surface area contributed by atoms with Crippen molar-refractivity contribution in [3.05, 3.63) is 35.9 Å². The van der Waals surface area contributed by atoms with Gasteiger partial charge in [-0.25, -0.2) is 0 Å². The predicted molar refractivity (Wildman–Crippen MR) is 72.5 cm³/mol. The topological polar surface area (TPSA) is 58.6 Å². The van der Waals surface area contributed by atoms with Crippen LogP contribution in [0.4, 0.5) is 0 Å². The Bertz CT molecular complexity index is 394. The summed E-state index contributed by atoms with van der Waals surface area (Å²) < 4.78 is 5.36. The van der Waals surface area contributed by atoms with E-state index in [-0.39, 0.29) is 18.6 Å². The van der Waals surface area contributed by atoms with Crippen LogP contribution in [0.25, 0.3) is 0 Å². The van der Waals surface area contributed by atoms with Gasteiger partial charge in [0.25, 0.3) is 0 Å². The summed E-state index contributed by atoms with van der Waals surface area (Å²) in [7, 11) is 0. The van der Waals surface area contributed by atoms with Crippen LogP contribution < -0.4 is 5.32 Å². The maximum atomic E-state index is 11.7. The Labute approximate surface area is 113 Å². The Balaban J connectivity index is 1.67. The summed E-state index contributed by atoms with van der Waals surface area (Å²) >= 11 is 0. The predicted octanol–water partition coefficient (Wildman–Crippen LogP) is 1.62. The van der Waals surface area contributed by atoms with Gasteiger partial charge >= 0.3 is 0 Å². The van der Waals surface area contributed by atoms with E-state index in [0.29, 0.717) is 6.61 Å². The van der Waals surface area contributed by atoms with Gasteiger partial charge in [-0.05, 0) is 18.4 Å². The molecule has 1 aromatic carbocycles. The summed E-state index contributed by atoms with van der Waals surface area (Å²) in [6, 6.07) is 9.64. The molecule has 0 saturated heterocycles. The van der Waals surface area contributed by atoms with E-state index in [2.05, 4.69) is 5.32 Å². The molecular formula is C15H21NO3. The minimum absolute atomic E-state index is 0.0398. The van der Waals surface area contributed by atoms with Gasteiger partial charge in [0.2, 0.25) is 5.91 Å². The Morgan fingerprint density at radius 3 is 2.74 bits per heavy atom. The molecule has 104 valence electrons. The van der Waals surface area contributed by atoms with Crippen LogP contribution >= 0.6 is 0 Å². The molecule has 2 rings (SSSR count). The molecule has 19 heavy (non-hydrogen) atoms. The second-order valence-corrected chi connectivity index (χ2v) is 5.00. The van der Waals surface area contributed by atoms with Gasteiger partial charge in [-0.3, -0.25) is 4.79 Å². The van der Waals surface area contributed by atoms with Crippen LogP contribution in [-0.4, -0.2) is 29.8 Å². The molecule has 0 radical (unpaired) electrons. The molecule has 0 heterocycles. The third-order valence-electron chi connectivity index (χ3n) is 3.42. The molecule has 1 amide bonds. The Hall–Kier alpha value is -1.39. The fourth-order valence-corrected chi connectivity index (χ4v) is 2.36. The lowest BCUT2D eigenvalue weighted by Gasteiger charge is -2.28. The van der Waals surface area contributed by atoms with Crippen molar-refractivity contribution < 1.29 is 14.6 Å². The highest BCUT2D eigenvalue weighted by Crippen LogP contribution is 2.18. The smallest absolute Gasteiger partial charge is 0.246 e. The van der Waals surface area contributed by atoms with Gasteiger partial charge in [-0.2, -0.15) is 0 Å². The van der Waals surface area contributed by atoms with Crippen molar-refractivity contribution in [2.24, 2.45) is 0 Å². The van der Waals surface area contributed by atoms with Crippen molar-refractivity contribution in [3.8, 4) is 0 Å². The molecule has 1 aromatic rings. The standard InChI is InChI=1S/C15H21NO3/c17-14-9-5-4-8-13(14)16-15(18)11-19-10-12-6-2-1-3-7-12/h1-3,6-7,13-14,17H,4-5,8-11H2,(H,16,18). The summed E-state index contributed by atoms with van der Waals surface area (Å²) in [5.74, 6) is -0.151. The summed E-state index contributed by atoms with van der Waals surface area (Å²) in [5.41, 5.74) is 1.05. The number of carbonyl (C=O) groups excluding carboxylic acids is 1. The Kier molecular flexibility index (Phi) is 5.36. The number of aliphatic hydroxyl groups is 1. The fourth-order valence-electron chi connectivity index (χ4n) is 2.36. The molecule has 2 unspecified atom stereocenters. The highest BCUT2D eigenvalue weighted by atomic mass is 16.5. The summed E-state index contributed by atoms with van der Waals surface area (Å²) in [5, 5.41) is 12.6. The van der Waals surface area contributed by atoms with E-state index in [9.17, 15) is 9.90 Å². The fraction of sp³-hybridized carbons (Fsp3) is 0.533. The molecule has 4 nitrogen and oxygen atoms in total. The average Bonchev–Trinajstić information content (AvgIpc) is 2.43. The van der Waals surface area contributed by atoms with Gasteiger partial charge in [-0.15, -0.1) is 0 Å². The van der Waals surface area contributed by atoms with Crippen molar-refractivity contribution >= 4 is 5.91 Å². The number of hydrogen-bond acceptors (Lipinski definition) is 3. The molecule has 4 heteroatoms. The third-order valence-corrected chi connectivity index (χ3v) is 3.42. The van der Waals surface area contributed by atoms with Crippen molar-refractivity contribution in [1.29, 1.82) is 0 Å². The molecular weight excluding hydrogens is 242 g/mol. The number of rotatable bonds is 5. The first kappa shape index (κ1) is 14.0. The van der Waals surface area contributed by atoms with E-state index in [1.54, 1.807) is 0 Å². The molecule has 1 aliphatic rings. The average molecular weight is 263 g/mol. The van der Waals surface area contributed by atoms with E-state index in [1.165, 1.54) is 0 Å². The zero-order valence-electron chi connectivity index (χ0n) is 11.0. The molecule has 0 bridgehead atoms. The quantitative estimate of drug-likeness (QED) is 0.848. The highest BCUT2D eigenvalue weighted by Gasteiger charge is 2.24. The molecule has 1 aliphatic carbocycles.